The molecule has 0 bridgehead atoms. The van der Waals surface area contributed by atoms with Gasteiger partial charge in [0.15, 0.2) is 0 Å². The summed E-state index contributed by atoms with van der Waals surface area (Å²) in [5, 5.41) is 0. The number of carbonyl (C=O) groups excluding carboxylic acids is 1. The number of methoxy groups -OCH3 is 1. The Bertz CT molecular complexity index is 876. The highest BCUT2D eigenvalue weighted by Gasteiger charge is 2.32. The van der Waals surface area contributed by atoms with E-state index in [2.05, 4.69) is 0 Å². The van der Waals surface area contributed by atoms with Crippen LogP contribution in [0.15, 0.2) is 53.4 Å². The summed E-state index contributed by atoms with van der Waals surface area (Å²) < 4.78 is 32.7. The van der Waals surface area contributed by atoms with E-state index in [1.165, 1.54) is 17.5 Å². The first-order valence-corrected chi connectivity index (χ1v) is 9.86. The average Bonchev–Trinajstić information content (AvgIpc) is 2.62. The zero-order chi connectivity index (χ0) is 19.5. The molecule has 6 heteroatoms. The summed E-state index contributed by atoms with van der Waals surface area (Å²) in [6, 6.07) is 13.8. The summed E-state index contributed by atoms with van der Waals surface area (Å²) in [7, 11) is -0.950. The summed E-state index contributed by atoms with van der Waals surface area (Å²) in [5.41, 5.74) is 1.72. The molecule has 2 aromatic carbocycles. The van der Waals surface area contributed by atoms with Crippen molar-refractivity contribution in [3.05, 3.63) is 65.2 Å². The third kappa shape index (κ3) is 3.97. The number of hydrogen-bond acceptors (Lipinski definition) is 4. The molecular weight excluding hydrogens is 350 g/mol. The molecule has 0 aliphatic rings. The maximum atomic E-state index is 13.3. The Morgan fingerprint density at radius 2 is 1.69 bits per heavy atom. The van der Waals surface area contributed by atoms with Crippen molar-refractivity contribution in [1.29, 1.82) is 0 Å². The van der Waals surface area contributed by atoms with Gasteiger partial charge < -0.3 is 4.74 Å². The fourth-order valence-electron chi connectivity index (χ4n) is 3.09. The van der Waals surface area contributed by atoms with E-state index in [4.69, 9.17) is 4.74 Å². The summed E-state index contributed by atoms with van der Waals surface area (Å²) >= 11 is 0. The minimum absolute atomic E-state index is 0.0706. The van der Waals surface area contributed by atoms with Crippen LogP contribution in [0, 0.1) is 12.8 Å². The highest BCUT2D eigenvalue weighted by Crippen LogP contribution is 2.33. The molecule has 0 aromatic heterocycles. The second-order valence-electron chi connectivity index (χ2n) is 6.59. The molecule has 0 saturated heterocycles. The Morgan fingerprint density at radius 3 is 2.23 bits per heavy atom. The van der Waals surface area contributed by atoms with Crippen molar-refractivity contribution < 1.29 is 17.9 Å². The molecule has 0 amide bonds. The van der Waals surface area contributed by atoms with Gasteiger partial charge in [-0.2, -0.15) is 4.31 Å². The number of aryl methyl sites for hydroxylation is 1. The van der Waals surface area contributed by atoms with Gasteiger partial charge in [0.1, 0.15) is 0 Å². The highest BCUT2D eigenvalue weighted by molar-refractivity contribution is 7.89. The second-order valence-corrected chi connectivity index (χ2v) is 8.56. The van der Waals surface area contributed by atoms with Crippen molar-refractivity contribution >= 4 is 16.0 Å². The second kappa shape index (κ2) is 8.01. The van der Waals surface area contributed by atoms with Crippen LogP contribution < -0.4 is 0 Å². The lowest BCUT2D eigenvalue weighted by molar-refractivity contribution is 0.0600. The van der Waals surface area contributed by atoms with E-state index >= 15 is 0 Å². The topological polar surface area (TPSA) is 63.7 Å². The Labute approximate surface area is 155 Å². The molecule has 0 heterocycles. The van der Waals surface area contributed by atoms with Gasteiger partial charge in [0.05, 0.1) is 23.6 Å². The number of ether oxygens (including phenoxy) is 1. The highest BCUT2D eigenvalue weighted by atomic mass is 32.2. The zero-order valence-electron chi connectivity index (χ0n) is 15.8. The first-order chi connectivity index (χ1) is 12.2. The Kier molecular flexibility index (Phi) is 6.21. The molecule has 0 aliphatic heterocycles. The van der Waals surface area contributed by atoms with Crippen LogP contribution in [0.2, 0.25) is 0 Å². The Morgan fingerprint density at radius 1 is 1.08 bits per heavy atom. The predicted molar refractivity (Wildman–Crippen MR) is 101 cm³/mol. The van der Waals surface area contributed by atoms with E-state index in [0.29, 0.717) is 5.56 Å². The van der Waals surface area contributed by atoms with Crippen LogP contribution in [-0.4, -0.2) is 32.8 Å². The number of rotatable bonds is 6. The van der Waals surface area contributed by atoms with E-state index in [9.17, 15) is 13.2 Å². The Balaban J connectivity index is 2.53. The van der Waals surface area contributed by atoms with Crippen molar-refractivity contribution in [2.45, 2.75) is 31.7 Å². The number of hydrogen-bond donors (Lipinski definition) is 0. The molecule has 5 nitrogen and oxygen atoms in total. The number of sulfonamides is 1. The molecule has 2 rings (SSSR count). The van der Waals surface area contributed by atoms with Gasteiger partial charge in [0, 0.05) is 7.05 Å². The summed E-state index contributed by atoms with van der Waals surface area (Å²) in [5.74, 6) is -0.492. The van der Waals surface area contributed by atoms with Crippen LogP contribution in [0.25, 0.3) is 0 Å². The van der Waals surface area contributed by atoms with Gasteiger partial charge in [0.25, 0.3) is 0 Å². The van der Waals surface area contributed by atoms with Crippen LogP contribution in [0.3, 0.4) is 0 Å². The van der Waals surface area contributed by atoms with Gasteiger partial charge in [-0.1, -0.05) is 50.2 Å². The molecule has 0 N–H and O–H groups in total. The van der Waals surface area contributed by atoms with E-state index in [1.54, 1.807) is 26.1 Å². The van der Waals surface area contributed by atoms with Gasteiger partial charge in [-0.15, -0.1) is 0 Å². The van der Waals surface area contributed by atoms with Crippen LogP contribution in [0.1, 0.15) is 41.4 Å². The van der Waals surface area contributed by atoms with Crippen molar-refractivity contribution in [1.82, 2.24) is 4.31 Å². The predicted octanol–water partition coefficient (Wildman–Crippen LogP) is 3.80. The largest absolute Gasteiger partial charge is 0.465 e. The SMILES string of the molecule is COC(=O)c1ccc(C)c(S(=O)(=O)N(C)C(c2ccccc2)C(C)C)c1. The zero-order valence-corrected chi connectivity index (χ0v) is 16.6. The molecule has 140 valence electrons. The lowest BCUT2D eigenvalue weighted by Crippen LogP contribution is -2.34. The van der Waals surface area contributed by atoms with Gasteiger partial charge in [-0.25, -0.2) is 13.2 Å². The first kappa shape index (κ1) is 20.1. The molecule has 1 atom stereocenters. The van der Waals surface area contributed by atoms with E-state index in [0.717, 1.165) is 5.56 Å². The average molecular weight is 375 g/mol. The molecule has 2 aromatic rings. The molecule has 0 saturated carbocycles. The van der Waals surface area contributed by atoms with Crippen molar-refractivity contribution in [2.24, 2.45) is 5.92 Å². The van der Waals surface area contributed by atoms with Crippen LogP contribution >= 0.6 is 0 Å². The van der Waals surface area contributed by atoms with Gasteiger partial charge in [-0.05, 0) is 36.1 Å². The molecule has 26 heavy (non-hydrogen) atoms. The standard InChI is InChI=1S/C20H25NO4S/c1-14(2)19(16-9-7-6-8-10-16)21(4)26(23,24)18-13-17(20(22)25-5)12-11-15(18)3/h6-14,19H,1-5H3. The van der Waals surface area contributed by atoms with Crippen LogP contribution in [-0.2, 0) is 14.8 Å². The van der Waals surface area contributed by atoms with Crippen LogP contribution in [0.4, 0.5) is 0 Å². The molecular formula is C20H25NO4S. The first-order valence-electron chi connectivity index (χ1n) is 8.42. The third-order valence-electron chi connectivity index (χ3n) is 4.43. The van der Waals surface area contributed by atoms with Crippen LogP contribution in [0.5, 0.6) is 0 Å². The smallest absolute Gasteiger partial charge is 0.337 e. The summed E-state index contributed by atoms with van der Waals surface area (Å²) in [4.78, 5) is 11.9. The molecule has 1 unspecified atom stereocenters. The van der Waals surface area contributed by atoms with E-state index < -0.39 is 16.0 Å². The van der Waals surface area contributed by atoms with Gasteiger partial charge in [-0.3, -0.25) is 0 Å². The molecule has 0 aliphatic carbocycles. The number of benzene rings is 2. The fraction of sp³-hybridized carbons (Fsp3) is 0.350. The maximum Gasteiger partial charge on any atom is 0.337 e. The third-order valence-corrected chi connectivity index (χ3v) is 6.41. The normalized spacial score (nSPS) is 13.0. The Hall–Kier alpha value is -2.18. The van der Waals surface area contributed by atoms with Crippen molar-refractivity contribution in [2.75, 3.05) is 14.2 Å². The molecule has 0 spiro atoms. The maximum absolute atomic E-state index is 13.3. The summed E-state index contributed by atoms with van der Waals surface area (Å²) in [6.45, 7) is 5.69. The number of esters is 1. The monoisotopic (exact) mass is 375 g/mol. The lowest BCUT2D eigenvalue weighted by Gasteiger charge is -2.31. The minimum Gasteiger partial charge on any atom is -0.465 e. The van der Waals surface area contributed by atoms with E-state index in [1.807, 2.05) is 44.2 Å². The minimum atomic E-state index is -3.80. The summed E-state index contributed by atoms with van der Waals surface area (Å²) in [6.07, 6.45) is 0. The van der Waals surface area contributed by atoms with Gasteiger partial charge in [0.2, 0.25) is 10.0 Å². The molecule has 0 fully saturated rings. The number of nitrogens with zero attached hydrogens (tertiary/aromatic N) is 1. The fourth-order valence-corrected chi connectivity index (χ4v) is 4.82. The van der Waals surface area contributed by atoms with Crippen molar-refractivity contribution in [3.63, 3.8) is 0 Å². The lowest BCUT2D eigenvalue weighted by atomic mass is 9.96. The molecule has 0 radical (unpaired) electrons. The quantitative estimate of drug-likeness (QED) is 0.721. The van der Waals surface area contributed by atoms with Gasteiger partial charge >= 0.3 is 5.97 Å². The van der Waals surface area contributed by atoms with E-state index in [-0.39, 0.29) is 22.4 Å². The van der Waals surface area contributed by atoms with Crippen molar-refractivity contribution in [3.8, 4) is 0 Å². The number of carbonyl (C=O) groups is 1.